The Hall–Kier alpha value is -1.14. The molecule has 0 saturated heterocycles. The number of hydrogen-bond donors (Lipinski definition) is 2. The molecular formula is C9H14N4OS. The first-order valence-electron chi connectivity index (χ1n) is 4.71. The summed E-state index contributed by atoms with van der Waals surface area (Å²) in [4.78, 5) is 19.3. The van der Waals surface area contributed by atoms with Gasteiger partial charge in [-0.1, -0.05) is 25.1 Å². The number of rotatable bonds is 5. The molecule has 0 radical (unpaired) electrons. The van der Waals surface area contributed by atoms with Crippen LogP contribution in [0.15, 0.2) is 23.6 Å². The molecule has 6 heteroatoms. The molecular weight excluding hydrogens is 212 g/mol. The Morgan fingerprint density at radius 2 is 2.53 bits per heavy atom. The first-order valence-corrected chi connectivity index (χ1v) is 5.59. The molecule has 1 unspecified atom stereocenters. The molecule has 15 heavy (non-hydrogen) atoms. The van der Waals surface area contributed by atoms with Crippen molar-refractivity contribution in [3.05, 3.63) is 18.6 Å². The van der Waals surface area contributed by atoms with Gasteiger partial charge in [0, 0.05) is 6.20 Å². The van der Waals surface area contributed by atoms with Crippen molar-refractivity contribution in [1.82, 2.24) is 15.4 Å². The van der Waals surface area contributed by atoms with Crippen LogP contribution in [0.3, 0.4) is 0 Å². The minimum Gasteiger partial charge on any atom is -0.293 e. The number of carbonyl (C=O) groups is 1. The van der Waals surface area contributed by atoms with E-state index in [1.807, 2.05) is 6.92 Å². The molecule has 3 N–H and O–H groups in total. The highest BCUT2D eigenvalue weighted by molar-refractivity contribution is 8.00. The van der Waals surface area contributed by atoms with Crippen LogP contribution in [0.2, 0.25) is 0 Å². The Morgan fingerprint density at radius 3 is 3.07 bits per heavy atom. The number of amides is 1. The second-order valence-electron chi connectivity index (χ2n) is 2.95. The van der Waals surface area contributed by atoms with E-state index in [-0.39, 0.29) is 11.2 Å². The number of hydrogen-bond acceptors (Lipinski definition) is 5. The van der Waals surface area contributed by atoms with Gasteiger partial charge in [0.2, 0.25) is 5.91 Å². The Kier molecular flexibility index (Phi) is 5.06. The van der Waals surface area contributed by atoms with Crippen molar-refractivity contribution in [3.63, 3.8) is 0 Å². The van der Waals surface area contributed by atoms with E-state index in [2.05, 4.69) is 15.4 Å². The molecule has 0 aromatic carbocycles. The SMILES string of the molecule is CCCC(Sc1ccncn1)C(=O)NN. The third kappa shape index (κ3) is 3.85. The largest absolute Gasteiger partial charge is 0.293 e. The summed E-state index contributed by atoms with van der Waals surface area (Å²) in [5.41, 5.74) is 2.17. The van der Waals surface area contributed by atoms with Gasteiger partial charge in [0.15, 0.2) is 0 Å². The first kappa shape index (κ1) is 11.9. The van der Waals surface area contributed by atoms with E-state index in [1.165, 1.54) is 18.1 Å². The fourth-order valence-corrected chi connectivity index (χ4v) is 2.16. The highest BCUT2D eigenvalue weighted by Gasteiger charge is 2.18. The molecule has 5 nitrogen and oxygen atoms in total. The molecule has 0 bridgehead atoms. The number of carbonyl (C=O) groups excluding carboxylic acids is 1. The Balaban J connectivity index is 2.62. The Bertz CT molecular complexity index is 306. The van der Waals surface area contributed by atoms with Crippen molar-refractivity contribution < 1.29 is 4.79 Å². The second-order valence-corrected chi connectivity index (χ2v) is 4.17. The van der Waals surface area contributed by atoms with Crippen LogP contribution in [0, 0.1) is 0 Å². The van der Waals surface area contributed by atoms with Gasteiger partial charge in [0.1, 0.15) is 11.4 Å². The van der Waals surface area contributed by atoms with Gasteiger partial charge < -0.3 is 0 Å². The second kappa shape index (κ2) is 6.36. The number of hydrazine groups is 1. The highest BCUT2D eigenvalue weighted by Crippen LogP contribution is 2.23. The summed E-state index contributed by atoms with van der Waals surface area (Å²) in [5, 5.41) is 0.599. The number of thioether (sulfide) groups is 1. The van der Waals surface area contributed by atoms with Crippen LogP contribution in [-0.4, -0.2) is 21.1 Å². The molecule has 0 aliphatic heterocycles. The van der Waals surface area contributed by atoms with Crippen LogP contribution in [0.1, 0.15) is 19.8 Å². The molecule has 1 rings (SSSR count). The predicted molar refractivity (Wildman–Crippen MR) is 58.9 cm³/mol. The lowest BCUT2D eigenvalue weighted by Gasteiger charge is -2.12. The summed E-state index contributed by atoms with van der Waals surface area (Å²) in [6, 6.07) is 1.77. The van der Waals surface area contributed by atoms with Crippen molar-refractivity contribution in [1.29, 1.82) is 0 Å². The van der Waals surface area contributed by atoms with Crippen LogP contribution in [0.4, 0.5) is 0 Å². The maximum absolute atomic E-state index is 11.4. The third-order valence-corrected chi connectivity index (χ3v) is 3.02. The van der Waals surface area contributed by atoms with Gasteiger partial charge >= 0.3 is 0 Å². The normalized spacial score (nSPS) is 12.1. The van der Waals surface area contributed by atoms with Crippen molar-refractivity contribution >= 4 is 17.7 Å². The molecule has 1 aromatic heterocycles. The van der Waals surface area contributed by atoms with Gasteiger partial charge in [-0.15, -0.1) is 0 Å². The zero-order chi connectivity index (χ0) is 11.1. The average molecular weight is 226 g/mol. The van der Waals surface area contributed by atoms with E-state index < -0.39 is 0 Å². The lowest BCUT2D eigenvalue weighted by Crippen LogP contribution is -2.37. The Labute approximate surface area is 92.8 Å². The number of nitrogens with zero attached hydrogens (tertiary/aromatic N) is 2. The van der Waals surface area contributed by atoms with Gasteiger partial charge in [-0.2, -0.15) is 0 Å². The van der Waals surface area contributed by atoms with Gasteiger partial charge in [-0.25, -0.2) is 15.8 Å². The maximum atomic E-state index is 11.4. The van der Waals surface area contributed by atoms with E-state index in [1.54, 1.807) is 12.3 Å². The first-order chi connectivity index (χ1) is 7.27. The quantitative estimate of drug-likeness (QED) is 0.254. The number of aromatic nitrogens is 2. The van der Waals surface area contributed by atoms with Gasteiger partial charge in [-0.3, -0.25) is 10.2 Å². The maximum Gasteiger partial charge on any atom is 0.247 e. The van der Waals surface area contributed by atoms with Crippen molar-refractivity contribution in [3.8, 4) is 0 Å². The van der Waals surface area contributed by atoms with E-state index >= 15 is 0 Å². The average Bonchev–Trinajstić information content (AvgIpc) is 2.29. The van der Waals surface area contributed by atoms with E-state index in [9.17, 15) is 4.79 Å². The molecule has 0 aliphatic rings. The Morgan fingerprint density at radius 1 is 1.73 bits per heavy atom. The summed E-state index contributed by atoms with van der Waals surface area (Å²) >= 11 is 1.40. The van der Waals surface area contributed by atoms with Gasteiger partial charge in [0.05, 0.1) is 5.25 Å². The van der Waals surface area contributed by atoms with Crippen molar-refractivity contribution in [2.24, 2.45) is 5.84 Å². The molecule has 1 aromatic rings. The topological polar surface area (TPSA) is 80.9 Å². The number of nitrogens with one attached hydrogen (secondary N) is 1. The van der Waals surface area contributed by atoms with Crippen molar-refractivity contribution in [2.75, 3.05) is 0 Å². The monoisotopic (exact) mass is 226 g/mol. The highest BCUT2D eigenvalue weighted by atomic mass is 32.2. The lowest BCUT2D eigenvalue weighted by atomic mass is 10.2. The minimum absolute atomic E-state index is 0.166. The van der Waals surface area contributed by atoms with Crippen LogP contribution in [0.5, 0.6) is 0 Å². The summed E-state index contributed by atoms with van der Waals surface area (Å²) in [6.45, 7) is 2.03. The summed E-state index contributed by atoms with van der Waals surface area (Å²) in [6.07, 6.45) is 4.82. The predicted octanol–water partition coefficient (Wildman–Crippen LogP) is 0.727. The molecule has 82 valence electrons. The summed E-state index contributed by atoms with van der Waals surface area (Å²) in [5.74, 6) is 4.94. The van der Waals surface area contributed by atoms with Crippen LogP contribution in [0.25, 0.3) is 0 Å². The zero-order valence-corrected chi connectivity index (χ0v) is 9.33. The standard InChI is InChI=1S/C9H14N4OS/c1-2-3-7(9(14)13-10)15-8-4-5-11-6-12-8/h4-7H,2-3,10H2,1H3,(H,13,14). The molecule has 0 saturated carbocycles. The molecule has 0 aliphatic carbocycles. The molecule has 0 fully saturated rings. The van der Waals surface area contributed by atoms with Crippen LogP contribution in [-0.2, 0) is 4.79 Å². The lowest BCUT2D eigenvalue weighted by molar-refractivity contribution is -0.120. The smallest absolute Gasteiger partial charge is 0.247 e. The molecule has 1 atom stereocenters. The third-order valence-electron chi connectivity index (χ3n) is 1.80. The fourth-order valence-electron chi connectivity index (χ4n) is 1.09. The molecule has 0 spiro atoms. The van der Waals surface area contributed by atoms with E-state index in [0.29, 0.717) is 0 Å². The van der Waals surface area contributed by atoms with Gasteiger partial charge in [-0.05, 0) is 12.5 Å². The van der Waals surface area contributed by atoms with Crippen LogP contribution >= 0.6 is 11.8 Å². The van der Waals surface area contributed by atoms with Crippen molar-refractivity contribution in [2.45, 2.75) is 30.0 Å². The zero-order valence-electron chi connectivity index (χ0n) is 8.51. The molecule has 1 heterocycles. The fraction of sp³-hybridized carbons (Fsp3) is 0.444. The minimum atomic E-state index is -0.185. The summed E-state index contributed by atoms with van der Waals surface area (Å²) in [7, 11) is 0. The molecule has 1 amide bonds. The van der Waals surface area contributed by atoms with E-state index in [4.69, 9.17) is 5.84 Å². The van der Waals surface area contributed by atoms with E-state index in [0.717, 1.165) is 17.9 Å². The van der Waals surface area contributed by atoms with Gasteiger partial charge in [0.25, 0.3) is 0 Å². The van der Waals surface area contributed by atoms with Crippen LogP contribution < -0.4 is 11.3 Å². The number of nitrogens with two attached hydrogens (primary N) is 1. The summed E-state index contributed by atoms with van der Waals surface area (Å²) < 4.78 is 0.